The summed E-state index contributed by atoms with van der Waals surface area (Å²) < 4.78 is 52.2. The molecule has 0 aromatic heterocycles. The molecular weight excluding hydrogens is 306 g/mol. The van der Waals surface area contributed by atoms with Gasteiger partial charge in [-0.3, -0.25) is 0 Å². The molecule has 0 saturated heterocycles. The first-order valence-electron chi connectivity index (χ1n) is 7.02. The summed E-state index contributed by atoms with van der Waals surface area (Å²) in [5.41, 5.74) is 0.534. The Morgan fingerprint density at radius 1 is 1.29 bits per heavy atom. The molecule has 1 aromatic carbocycles. The Hall–Kier alpha value is -0.810. The summed E-state index contributed by atoms with van der Waals surface area (Å²) in [5, 5.41) is 3.39. The molecule has 118 valence electrons. The van der Waals surface area contributed by atoms with Gasteiger partial charge in [0.05, 0.1) is 5.92 Å². The summed E-state index contributed by atoms with van der Waals surface area (Å²) in [4.78, 5) is 0. The third kappa shape index (κ3) is 3.89. The molecule has 0 bridgehead atoms. The lowest BCUT2D eigenvalue weighted by Gasteiger charge is -2.35. The molecule has 1 saturated carbocycles. The lowest BCUT2D eigenvalue weighted by atomic mass is 9.75. The molecule has 1 aliphatic carbocycles. The molecule has 3 unspecified atom stereocenters. The van der Waals surface area contributed by atoms with E-state index in [-0.39, 0.29) is 24.8 Å². The molecule has 1 aliphatic rings. The van der Waals surface area contributed by atoms with E-state index in [1.807, 2.05) is 0 Å². The van der Waals surface area contributed by atoms with Crippen LogP contribution in [-0.2, 0) is 0 Å². The van der Waals surface area contributed by atoms with Crippen molar-refractivity contribution in [1.82, 2.24) is 5.32 Å². The molecule has 1 N–H and O–H groups in total. The summed E-state index contributed by atoms with van der Waals surface area (Å²) in [6.07, 6.45) is -2.72. The largest absolute Gasteiger partial charge is 0.391 e. The third-order valence-electron chi connectivity index (χ3n) is 4.25. The van der Waals surface area contributed by atoms with E-state index in [9.17, 15) is 17.6 Å². The van der Waals surface area contributed by atoms with Gasteiger partial charge in [-0.05, 0) is 56.0 Å². The van der Waals surface area contributed by atoms with Crippen LogP contribution >= 0.6 is 11.6 Å². The van der Waals surface area contributed by atoms with Crippen LogP contribution in [-0.4, -0.2) is 13.2 Å². The minimum atomic E-state index is -4.16. The van der Waals surface area contributed by atoms with Gasteiger partial charge in [0.1, 0.15) is 5.82 Å². The van der Waals surface area contributed by atoms with E-state index in [1.165, 1.54) is 18.2 Å². The maximum atomic E-state index is 13.4. The van der Waals surface area contributed by atoms with Crippen LogP contribution in [0.1, 0.15) is 37.3 Å². The van der Waals surface area contributed by atoms with Gasteiger partial charge >= 0.3 is 6.18 Å². The molecule has 2 rings (SSSR count). The van der Waals surface area contributed by atoms with Crippen LogP contribution in [0.5, 0.6) is 0 Å². The second-order valence-corrected chi connectivity index (χ2v) is 6.00. The zero-order valence-electron chi connectivity index (χ0n) is 11.7. The van der Waals surface area contributed by atoms with Gasteiger partial charge in [0.2, 0.25) is 0 Å². The van der Waals surface area contributed by atoms with Crippen LogP contribution in [0.2, 0.25) is 5.02 Å². The van der Waals surface area contributed by atoms with Gasteiger partial charge in [0.15, 0.2) is 0 Å². The number of nitrogens with one attached hydrogen (secondary N) is 1. The minimum absolute atomic E-state index is 0.0574. The summed E-state index contributed by atoms with van der Waals surface area (Å²) >= 11 is 6.09. The predicted molar refractivity (Wildman–Crippen MR) is 74.7 cm³/mol. The highest BCUT2D eigenvalue weighted by molar-refractivity contribution is 6.31. The van der Waals surface area contributed by atoms with E-state index in [0.29, 0.717) is 23.4 Å². The van der Waals surface area contributed by atoms with Gasteiger partial charge in [0, 0.05) is 11.1 Å². The Balaban J connectivity index is 2.23. The van der Waals surface area contributed by atoms with Crippen molar-refractivity contribution in [1.29, 1.82) is 0 Å². The Morgan fingerprint density at radius 2 is 2.00 bits per heavy atom. The SMILES string of the molecule is CNC(c1cc(F)ccc1Cl)C1CCCC(C(F)(F)F)C1. The highest BCUT2D eigenvalue weighted by Crippen LogP contribution is 2.44. The molecule has 21 heavy (non-hydrogen) atoms. The maximum Gasteiger partial charge on any atom is 0.391 e. The second-order valence-electron chi connectivity index (χ2n) is 5.60. The first-order chi connectivity index (χ1) is 9.82. The van der Waals surface area contributed by atoms with Crippen LogP contribution in [0.4, 0.5) is 17.6 Å². The van der Waals surface area contributed by atoms with Crippen LogP contribution in [0.25, 0.3) is 0 Å². The van der Waals surface area contributed by atoms with Gasteiger partial charge in [-0.25, -0.2) is 4.39 Å². The topological polar surface area (TPSA) is 12.0 Å². The molecule has 1 aromatic rings. The Labute approximate surface area is 126 Å². The number of benzene rings is 1. The number of rotatable bonds is 3. The fraction of sp³-hybridized carbons (Fsp3) is 0.600. The first kappa shape index (κ1) is 16.6. The quantitative estimate of drug-likeness (QED) is 0.762. The van der Waals surface area contributed by atoms with E-state index in [2.05, 4.69) is 5.32 Å². The van der Waals surface area contributed by atoms with Gasteiger partial charge in [0.25, 0.3) is 0 Å². The van der Waals surface area contributed by atoms with Crippen LogP contribution in [0.3, 0.4) is 0 Å². The fourth-order valence-electron chi connectivity index (χ4n) is 3.23. The van der Waals surface area contributed by atoms with Crippen molar-refractivity contribution in [2.24, 2.45) is 11.8 Å². The molecule has 0 radical (unpaired) electrons. The van der Waals surface area contributed by atoms with E-state index in [4.69, 9.17) is 11.6 Å². The number of hydrogen-bond acceptors (Lipinski definition) is 1. The van der Waals surface area contributed by atoms with Crippen molar-refractivity contribution in [3.8, 4) is 0 Å². The van der Waals surface area contributed by atoms with Gasteiger partial charge < -0.3 is 5.32 Å². The Morgan fingerprint density at radius 3 is 2.62 bits per heavy atom. The zero-order valence-corrected chi connectivity index (χ0v) is 12.4. The summed E-state index contributed by atoms with van der Waals surface area (Å²) in [7, 11) is 1.67. The lowest BCUT2D eigenvalue weighted by Crippen LogP contribution is -2.34. The van der Waals surface area contributed by atoms with Crippen molar-refractivity contribution in [3.05, 3.63) is 34.6 Å². The average molecular weight is 324 g/mol. The maximum absolute atomic E-state index is 13.4. The molecule has 0 amide bonds. The van der Waals surface area contributed by atoms with Crippen molar-refractivity contribution in [2.75, 3.05) is 7.05 Å². The zero-order chi connectivity index (χ0) is 15.6. The number of hydrogen-bond donors (Lipinski definition) is 1. The molecular formula is C15H18ClF4N. The predicted octanol–water partition coefficient (Wildman–Crippen LogP) is 5.11. The highest BCUT2D eigenvalue weighted by atomic mass is 35.5. The highest BCUT2D eigenvalue weighted by Gasteiger charge is 2.43. The lowest BCUT2D eigenvalue weighted by molar-refractivity contribution is -0.186. The third-order valence-corrected chi connectivity index (χ3v) is 4.60. The Bertz CT molecular complexity index is 489. The summed E-state index contributed by atoms with van der Waals surface area (Å²) in [5.74, 6) is -1.91. The summed E-state index contributed by atoms with van der Waals surface area (Å²) in [6, 6.07) is 3.64. The van der Waals surface area contributed by atoms with E-state index < -0.39 is 17.9 Å². The van der Waals surface area contributed by atoms with Crippen LogP contribution in [0, 0.1) is 17.7 Å². The number of halogens is 5. The number of alkyl halides is 3. The molecule has 0 spiro atoms. The first-order valence-corrected chi connectivity index (χ1v) is 7.39. The fourth-order valence-corrected chi connectivity index (χ4v) is 3.46. The molecule has 6 heteroatoms. The minimum Gasteiger partial charge on any atom is -0.313 e. The molecule has 3 atom stereocenters. The van der Waals surface area contributed by atoms with Crippen LogP contribution < -0.4 is 5.32 Å². The molecule has 1 nitrogen and oxygen atoms in total. The van der Waals surface area contributed by atoms with Crippen molar-refractivity contribution < 1.29 is 17.6 Å². The van der Waals surface area contributed by atoms with E-state index >= 15 is 0 Å². The van der Waals surface area contributed by atoms with Crippen molar-refractivity contribution in [3.63, 3.8) is 0 Å². The average Bonchev–Trinajstić information content (AvgIpc) is 2.43. The normalized spacial score (nSPS) is 24.9. The smallest absolute Gasteiger partial charge is 0.313 e. The van der Waals surface area contributed by atoms with Gasteiger partial charge in [-0.1, -0.05) is 18.0 Å². The van der Waals surface area contributed by atoms with E-state index in [0.717, 1.165) is 0 Å². The monoisotopic (exact) mass is 323 g/mol. The molecule has 0 aliphatic heterocycles. The standard InChI is InChI=1S/C15H18ClF4N/c1-21-14(12-8-11(17)5-6-13(12)16)9-3-2-4-10(7-9)15(18,19)20/h5-6,8-10,14,21H,2-4,7H2,1H3. The van der Waals surface area contributed by atoms with Gasteiger partial charge in [-0.15, -0.1) is 0 Å². The van der Waals surface area contributed by atoms with Crippen LogP contribution in [0.15, 0.2) is 18.2 Å². The summed E-state index contributed by atoms with van der Waals surface area (Å²) in [6.45, 7) is 0. The second kappa shape index (κ2) is 6.53. The Kier molecular flexibility index (Phi) is 5.15. The molecule has 1 fully saturated rings. The molecule has 0 heterocycles. The van der Waals surface area contributed by atoms with E-state index in [1.54, 1.807) is 7.05 Å². The van der Waals surface area contributed by atoms with Gasteiger partial charge in [-0.2, -0.15) is 13.2 Å². The van der Waals surface area contributed by atoms with Crippen molar-refractivity contribution >= 4 is 11.6 Å². The van der Waals surface area contributed by atoms with Crippen molar-refractivity contribution in [2.45, 2.75) is 37.9 Å².